The van der Waals surface area contributed by atoms with Crippen molar-refractivity contribution in [1.29, 1.82) is 5.26 Å². The molecule has 0 radical (unpaired) electrons. The molecule has 1 heterocycles. The van der Waals surface area contributed by atoms with Crippen molar-refractivity contribution in [2.75, 3.05) is 33.7 Å². The van der Waals surface area contributed by atoms with E-state index in [-0.39, 0.29) is 0 Å². The second kappa shape index (κ2) is 6.88. The van der Waals surface area contributed by atoms with E-state index < -0.39 is 0 Å². The van der Waals surface area contributed by atoms with Crippen molar-refractivity contribution >= 4 is 0 Å². The highest BCUT2D eigenvalue weighted by atomic mass is 15.1. The summed E-state index contributed by atoms with van der Waals surface area (Å²) in [5, 5.41) is 8.91. The number of hydrogen-bond donors (Lipinski definition) is 0. The zero-order valence-corrected chi connectivity index (χ0v) is 12.9. The van der Waals surface area contributed by atoms with Gasteiger partial charge in [0, 0.05) is 13.1 Å². The molecule has 0 aliphatic carbocycles. The summed E-state index contributed by atoms with van der Waals surface area (Å²) >= 11 is 0. The molecule has 3 nitrogen and oxygen atoms in total. The van der Waals surface area contributed by atoms with E-state index >= 15 is 0 Å². The minimum atomic E-state index is 0.760. The SMILES string of the molecule is Cc1cc(C#N)ccc1CN1CCC(CN(C)C)CC1. The number of piperidine rings is 1. The van der Waals surface area contributed by atoms with Gasteiger partial charge in [-0.25, -0.2) is 0 Å². The molecule has 20 heavy (non-hydrogen) atoms. The lowest BCUT2D eigenvalue weighted by atomic mass is 9.95. The molecular formula is C17H25N3. The van der Waals surface area contributed by atoms with E-state index in [0.29, 0.717) is 0 Å². The van der Waals surface area contributed by atoms with Crippen LogP contribution in [0.4, 0.5) is 0 Å². The molecule has 0 bridgehead atoms. The maximum Gasteiger partial charge on any atom is 0.0991 e. The van der Waals surface area contributed by atoms with Crippen molar-refractivity contribution in [2.45, 2.75) is 26.3 Å². The van der Waals surface area contributed by atoms with Crippen LogP contribution in [0.2, 0.25) is 0 Å². The number of likely N-dealkylation sites (tertiary alicyclic amines) is 1. The maximum atomic E-state index is 8.91. The Morgan fingerprint density at radius 3 is 2.55 bits per heavy atom. The molecule has 0 aromatic heterocycles. The van der Waals surface area contributed by atoms with Gasteiger partial charge in [-0.2, -0.15) is 5.26 Å². The van der Waals surface area contributed by atoms with Gasteiger partial charge in [0.15, 0.2) is 0 Å². The summed E-state index contributed by atoms with van der Waals surface area (Å²) in [5.41, 5.74) is 3.35. The van der Waals surface area contributed by atoms with E-state index in [0.717, 1.165) is 18.0 Å². The van der Waals surface area contributed by atoms with Gasteiger partial charge < -0.3 is 4.90 Å². The lowest BCUT2D eigenvalue weighted by molar-refractivity contribution is 0.156. The number of nitriles is 1. The van der Waals surface area contributed by atoms with Crippen LogP contribution < -0.4 is 0 Å². The van der Waals surface area contributed by atoms with E-state index in [1.165, 1.54) is 43.6 Å². The highest BCUT2D eigenvalue weighted by Crippen LogP contribution is 2.21. The molecule has 1 aliphatic heterocycles. The van der Waals surface area contributed by atoms with Gasteiger partial charge in [0.05, 0.1) is 11.6 Å². The van der Waals surface area contributed by atoms with Gasteiger partial charge in [0.1, 0.15) is 0 Å². The normalized spacial score (nSPS) is 17.4. The first-order valence-electron chi connectivity index (χ1n) is 7.45. The van der Waals surface area contributed by atoms with Gasteiger partial charge >= 0.3 is 0 Å². The van der Waals surface area contributed by atoms with Crippen LogP contribution >= 0.6 is 0 Å². The van der Waals surface area contributed by atoms with Gasteiger partial charge in [-0.1, -0.05) is 6.07 Å². The number of rotatable bonds is 4. The first kappa shape index (κ1) is 15.0. The maximum absolute atomic E-state index is 8.91. The fourth-order valence-electron chi connectivity index (χ4n) is 3.03. The summed E-state index contributed by atoms with van der Waals surface area (Å²) in [6.45, 7) is 6.72. The van der Waals surface area contributed by atoms with Gasteiger partial charge in [0.2, 0.25) is 0 Å². The largest absolute Gasteiger partial charge is 0.309 e. The van der Waals surface area contributed by atoms with E-state index in [1.807, 2.05) is 12.1 Å². The predicted octanol–water partition coefficient (Wildman–Crippen LogP) is 2.64. The van der Waals surface area contributed by atoms with Crippen LogP contribution in [0, 0.1) is 24.2 Å². The van der Waals surface area contributed by atoms with Crippen LogP contribution in [0.3, 0.4) is 0 Å². The summed E-state index contributed by atoms with van der Waals surface area (Å²) in [6, 6.07) is 8.24. The van der Waals surface area contributed by atoms with Crippen LogP contribution in [-0.4, -0.2) is 43.5 Å². The smallest absolute Gasteiger partial charge is 0.0991 e. The average Bonchev–Trinajstić information content (AvgIpc) is 2.42. The second-order valence-corrected chi connectivity index (χ2v) is 6.23. The van der Waals surface area contributed by atoms with E-state index in [4.69, 9.17) is 5.26 Å². The molecule has 0 atom stereocenters. The first-order valence-corrected chi connectivity index (χ1v) is 7.45. The summed E-state index contributed by atoms with van der Waals surface area (Å²) in [7, 11) is 4.32. The third kappa shape index (κ3) is 4.06. The Hall–Kier alpha value is -1.37. The van der Waals surface area contributed by atoms with Crippen LogP contribution in [-0.2, 0) is 6.54 Å². The van der Waals surface area contributed by atoms with E-state index in [2.05, 4.69) is 43.0 Å². The molecule has 1 saturated heterocycles. The van der Waals surface area contributed by atoms with Crippen LogP contribution in [0.5, 0.6) is 0 Å². The fourth-order valence-corrected chi connectivity index (χ4v) is 3.03. The van der Waals surface area contributed by atoms with Crippen molar-refractivity contribution in [3.05, 3.63) is 34.9 Å². The lowest BCUT2D eigenvalue weighted by Crippen LogP contribution is -2.36. The highest BCUT2D eigenvalue weighted by Gasteiger charge is 2.19. The van der Waals surface area contributed by atoms with Crippen LogP contribution in [0.25, 0.3) is 0 Å². The lowest BCUT2D eigenvalue weighted by Gasteiger charge is -2.33. The molecule has 0 spiro atoms. The molecule has 0 unspecified atom stereocenters. The highest BCUT2D eigenvalue weighted by molar-refractivity contribution is 5.37. The fraction of sp³-hybridized carbons (Fsp3) is 0.588. The third-order valence-corrected chi connectivity index (χ3v) is 4.20. The quantitative estimate of drug-likeness (QED) is 0.843. The summed E-state index contributed by atoms with van der Waals surface area (Å²) in [6.07, 6.45) is 2.60. The minimum Gasteiger partial charge on any atom is -0.309 e. The zero-order chi connectivity index (χ0) is 14.5. The monoisotopic (exact) mass is 271 g/mol. The van der Waals surface area contributed by atoms with Crippen molar-refractivity contribution in [2.24, 2.45) is 5.92 Å². The Balaban J connectivity index is 1.88. The molecule has 1 aromatic carbocycles. The summed E-state index contributed by atoms with van der Waals surface area (Å²) < 4.78 is 0. The Kier molecular flexibility index (Phi) is 5.17. The molecule has 0 saturated carbocycles. The third-order valence-electron chi connectivity index (χ3n) is 4.20. The molecule has 1 fully saturated rings. The van der Waals surface area contributed by atoms with Gasteiger partial charge in [-0.3, -0.25) is 4.90 Å². The zero-order valence-electron chi connectivity index (χ0n) is 12.9. The summed E-state index contributed by atoms with van der Waals surface area (Å²) in [5.74, 6) is 0.850. The number of nitrogens with zero attached hydrogens (tertiary/aromatic N) is 3. The van der Waals surface area contributed by atoms with Gasteiger partial charge in [-0.05, 0) is 76.1 Å². The Morgan fingerprint density at radius 1 is 1.30 bits per heavy atom. The van der Waals surface area contributed by atoms with Crippen molar-refractivity contribution < 1.29 is 0 Å². The summed E-state index contributed by atoms with van der Waals surface area (Å²) in [4.78, 5) is 4.84. The van der Waals surface area contributed by atoms with E-state index in [1.54, 1.807) is 0 Å². The molecule has 3 heteroatoms. The Morgan fingerprint density at radius 2 is 2.00 bits per heavy atom. The molecule has 0 N–H and O–H groups in total. The average molecular weight is 271 g/mol. The van der Waals surface area contributed by atoms with E-state index in [9.17, 15) is 0 Å². The first-order chi connectivity index (χ1) is 9.58. The Labute approximate surface area is 122 Å². The predicted molar refractivity (Wildman–Crippen MR) is 82.4 cm³/mol. The van der Waals surface area contributed by atoms with Gasteiger partial charge in [0.25, 0.3) is 0 Å². The standard InChI is InChI=1S/C17H25N3/c1-14-10-16(11-18)4-5-17(14)13-20-8-6-15(7-9-20)12-19(2)3/h4-5,10,15H,6-9,12-13H2,1-3H3. The van der Waals surface area contributed by atoms with Gasteiger partial charge in [-0.15, -0.1) is 0 Å². The molecule has 2 rings (SSSR count). The molecule has 1 aromatic rings. The topological polar surface area (TPSA) is 30.3 Å². The van der Waals surface area contributed by atoms with Crippen molar-refractivity contribution in [1.82, 2.24) is 9.80 Å². The molecule has 1 aliphatic rings. The second-order valence-electron chi connectivity index (χ2n) is 6.23. The van der Waals surface area contributed by atoms with Crippen LogP contribution in [0.15, 0.2) is 18.2 Å². The molecular weight excluding hydrogens is 246 g/mol. The van der Waals surface area contributed by atoms with Crippen LogP contribution in [0.1, 0.15) is 29.5 Å². The Bertz CT molecular complexity index is 479. The van der Waals surface area contributed by atoms with Crippen molar-refractivity contribution in [3.63, 3.8) is 0 Å². The molecule has 0 amide bonds. The minimum absolute atomic E-state index is 0.760. The number of hydrogen-bond acceptors (Lipinski definition) is 3. The number of benzene rings is 1. The van der Waals surface area contributed by atoms with Crippen molar-refractivity contribution in [3.8, 4) is 6.07 Å². The molecule has 108 valence electrons. The number of aryl methyl sites for hydroxylation is 1.